The van der Waals surface area contributed by atoms with Crippen LogP contribution >= 0.6 is 11.6 Å². The molecule has 0 fully saturated rings. The molecule has 1 N–H and O–H groups in total. The third-order valence-electron chi connectivity index (χ3n) is 3.61. The Morgan fingerprint density at radius 3 is 2.62 bits per heavy atom. The molecule has 1 heterocycles. The number of nitrogens with one attached hydrogen (secondary N) is 1. The number of hydrogen-bond donors (Lipinski definition) is 1. The lowest BCUT2D eigenvalue weighted by atomic mass is 10.1. The van der Waals surface area contributed by atoms with Crippen LogP contribution in [0.15, 0.2) is 66.9 Å². The van der Waals surface area contributed by atoms with Crippen LogP contribution < -0.4 is 14.8 Å². The summed E-state index contributed by atoms with van der Waals surface area (Å²) in [5.41, 5.74) is 2.03. The van der Waals surface area contributed by atoms with Crippen LogP contribution in [-0.4, -0.2) is 18.0 Å². The second kappa shape index (κ2) is 8.36. The average Bonchev–Trinajstić information content (AvgIpc) is 2.68. The molecule has 0 bridgehead atoms. The minimum Gasteiger partial charge on any atom is -0.489 e. The van der Waals surface area contributed by atoms with Crippen molar-refractivity contribution in [1.29, 1.82) is 0 Å². The molecule has 0 aliphatic carbocycles. The molecule has 0 aliphatic heterocycles. The van der Waals surface area contributed by atoms with E-state index in [9.17, 15) is 4.79 Å². The van der Waals surface area contributed by atoms with Crippen LogP contribution in [0.1, 0.15) is 15.9 Å². The van der Waals surface area contributed by atoms with Gasteiger partial charge in [-0.15, -0.1) is 0 Å². The first-order valence-electron chi connectivity index (χ1n) is 7.93. The van der Waals surface area contributed by atoms with Crippen LogP contribution in [0, 0.1) is 0 Å². The van der Waals surface area contributed by atoms with Gasteiger partial charge < -0.3 is 14.8 Å². The van der Waals surface area contributed by atoms with Crippen molar-refractivity contribution in [2.24, 2.45) is 0 Å². The highest BCUT2D eigenvalue weighted by atomic mass is 35.5. The Labute approximate surface area is 156 Å². The minimum atomic E-state index is -0.217. The molecule has 5 nitrogen and oxygen atoms in total. The second-order valence-electron chi connectivity index (χ2n) is 5.49. The molecule has 0 saturated carbocycles. The number of benzene rings is 2. The first-order valence-corrected chi connectivity index (χ1v) is 8.30. The monoisotopic (exact) mass is 368 g/mol. The fourth-order valence-electron chi connectivity index (χ4n) is 2.28. The number of carbonyl (C=O) groups is 1. The van der Waals surface area contributed by atoms with E-state index in [-0.39, 0.29) is 5.91 Å². The average molecular weight is 369 g/mol. The number of anilines is 1. The zero-order chi connectivity index (χ0) is 18.4. The molecule has 1 amide bonds. The van der Waals surface area contributed by atoms with Crippen LogP contribution in [0.5, 0.6) is 11.6 Å². The van der Waals surface area contributed by atoms with Gasteiger partial charge >= 0.3 is 0 Å². The number of amides is 1. The Morgan fingerprint density at radius 1 is 1.12 bits per heavy atom. The quantitative estimate of drug-likeness (QED) is 0.692. The molecule has 2 aromatic carbocycles. The maximum absolute atomic E-state index is 12.4. The summed E-state index contributed by atoms with van der Waals surface area (Å²) in [6.07, 6.45) is 1.55. The molecule has 132 valence electrons. The smallest absolute Gasteiger partial charge is 0.255 e. The lowest BCUT2D eigenvalue weighted by Gasteiger charge is -2.09. The number of carbonyl (C=O) groups excluding carboxylic acids is 1. The summed E-state index contributed by atoms with van der Waals surface area (Å²) >= 11 is 5.86. The molecule has 0 atom stereocenters. The molecule has 0 saturated heterocycles. The highest BCUT2D eigenvalue weighted by Crippen LogP contribution is 2.18. The summed E-state index contributed by atoms with van der Waals surface area (Å²) in [6, 6.07) is 17.8. The van der Waals surface area contributed by atoms with Gasteiger partial charge in [0.2, 0.25) is 5.88 Å². The molecule has 0 aliphatic rings. The van der Waals surface area contributed by atoms with Crippen LogP contribution in [0.25, 0.3) is 0 Å². The molecule has 26 heavy (non-hydrogen) atoms. The number of halogens is 1. The predicted octanol–water partition coefficient (Wildman–Crippen LogP) is 4.57. The van der Waals surface area contributed by atoms with E-state index in [0.717, 1.165) is 5.56 Å². The van der Waals surface area contributed by atoms with E-state index < -0.39 is 0 Å². The fourth-order valence-corrected chi connectivity index (χ4v) is 2.40. The van der Waals surface area contributed by atoms with Gasteiger partial charge in [-0.25, -0.2) is 4.98 Å². The summed E-state index contributed by atoms with van der Waals surface area (Å²) in [7, 11) is 1.54. The first-order chi connectivity index (χ1) is 12.6. The summed E-state index contributed by atoms with van der Waals surface area (Å²) in [4.78, 5) is 16.5. The van der Waals surface area contributed by atoms with Crippen LogP contribution in [0.4, 0.5) is 5.69 Å². The number of rotatable bonds is 6. The second-order valence-corrected chi connectivity index (χ2v) is 5.92. The number of ether oxygens (including phenoxy) is 2. The maximum atomic E-state index is 12.4. The largest absolute Gasteiger partial charge is 0.489 e. The molecule has 3 aromatic rings. The van der Waals surface area contributed by atoms with Crippen LogP contribution in [0.3, 0.4) is 0 Å². The van der Waals surface area contributed by atoms with Gasteiger partial charge in [-0.2, -0.15) is 0 Å². The molecular weight excluding hydrogens is 352 g/mol. The van der Waals surface area contributed by atoms with Gasteiger partial charge in [-0.05, 0) is 48.0 Å². The third kappa shape index (κ3) is 4.74. The number of aromatic nitrogens is 1. The van der Waals surface area contributed by atoms with Crippen molar-refractivity contribution in [2.75, 3.05) is 12.4 Å². The van der Waals surface area contributed by atoms with Gasteiger partial charge in [0, 0.05) is 16.7 Å². The van der Waals surface area contributed by atoms with Crippen molar-refractivity contribution in [3.05, 3.63) is 83.0 Å². The van der Waals surface area contributed by atoms with E-state index in [1.807, 2.05) is 12.1 Å². The number of nitrogens with zero attached hydrogens (tertiary/aromatic N) is 1. The van der Waals surface area contributed by atoms with Crippen molar-refractivity contribution < 1.29 is 14.3 Å². The topological polar surface area (TPSA) is 60.5 Å². The summed E-state index contributed by atoms with van der Waals surface area (Å²) in [5.74, 6) is 0.989. The molecule has 0 spiro atoms. The zero-order valence-corrected chi connectivity index (χ0v) is 14.9. The Balaban J connectivity index is 1.63. The molecule has 6 heteroatoms. The Hall–Kier alpha value is -3.05. The SMILES string of the molecule is COc1ccc(NC(=O)c2cccc(COc3ccc(Cl)cc3)c2)cn1. The Kier molecular flexibility index (Phi) is 5.71. The fraction of sp³-hybridized carbons (Fsp3) is 0.100. The van der Waals surface area contributed by atoms with Gasteiger partial charge in [0.1, 0.15) is 12.4 Å². The highest BCUT2D eigenvalue weighted by Gasteiger charge is 2.08. The van der Waals surface area contributed by atoms with E-state index >= 15 is 0 Å². The van der Waals surface area contributed by atoms with E-state index in [0.29, 0.717) is 34.5 Å². The van der Waals surface area contributed by atoms with Crippen molar-refractivity contribution in [3.63, 3.8) is 0 Å². The predicted molar refractivity (Wildman–Crippen MR) is 101 cm³/mol. The van der Waals surface area contributed by atoms with Gasteiger partial charge in [0.05, 0.1) is 19.0 Å². The first kappa shape index (κ1) is 17.8. The minimum absolute atomic E-state index is 0.217. The maximum Gasteiger partial charge on any atom is 0.255 e. The third-order valence-corrected chi connectivity index (χ3v) is 3.86. The van der Waals surface area contributed by atoms with E-state index in [1.54, 1.807) is 54.7 Å². The van der Waals surface area contributed by atoms with Gasteiger partial charge in [-0.1, -0.05) is 23.7 Å². The van der Waals surface area contributed by atoms with Gasteiger partial charge in [0.25, 0.3) is 5.91 Å². The lowest BCUT2D eigenvalue weighted by molar-refractivity contribution is 0.102. The van der Waals surface area contributed by atoms with E-state index in [4.69, 9.17) is 21.1 Å². The van der Waals surface area contributed by atoms with Crippen LogP contribution in [0.2, 0.25) is 5.02 Å². The van der Waals surface area contributed by atoms with Crippen molar-refractivity contribution in [1.82, 2.24) is 4.98 Å². The zero-order valence-electron chi connectivity index (χ0n) is 14.1. The number of pyridine rings is 1. The van der Waals surface area contributed by atoms with Gasteiger partial charge in [-0.3, -0.25) is 4.79 Å². The highest BCUT2D eigenvalue weighted by molar-refractivity contribution is 6.30. The standard InChI is InChI=1S/C20H17ClN2O3/c1-25-19-10-7-17(12-22-19)23-20(24)15-4-2-3-14(11-15)13-26-18-8-5-16(21)6-9-18/h2-12H,13H2,1H3,(H,23,24). The molecule has 1 aromatic heterocycles. The van der Waals surface area contributed by atoms with Crippen molar-refractivity contribution in [3.8, 4) is 11.6 Å². The molecule has 3 rings (SSSR count). The Bertz CT molecular complexity index is 880. The van der Waals surface area contributed by atoms with Crippen LogP contribution in [-0.2, 0) is 6.61 Å². The van der Waals surface area contributed by atoms with Crippen molar-refractivity contribution >= 4 is 23.2 Å². The summed E-state index contributed by atoms with van der Waals surface area (Å²) in [5, 5.41) is 3.46. The normalized spacial score (nSPS) is 10.2. The van der Waals surface area contributed by atoms with Crippen molar-refractivity contribution in [2.45, 2.75) is 6.61 Å². The number of methoxy groups -OCH3 is 1. The molecule has 0 unspecified atom stereocenters. The van der Waals surface area contributed by atoms with E-state index in [2.05, 4.69) is 10.3 Å². The number of hydrogen-bond acceptors (Lipinski definition) is 4. The summed E-state index contributed by atoms with van der Waals surface area (Å²) < 4.78 is 10.7. The Morgan fingerprint density at radius 2 is 1.92 bits per heavy atom. The lowest BCUT2D eigenvalue weighted by Crippen LogP contribution is -2.12. The van der Waals surface area contributed by atoms with E-state index in [1.165, 1.54) is 7.11 Å². The molecular formula is C20H17ClN2O3. The van der Waals surface area contributed by atoms with Gasteiger partial charge in [0.15, 0.2) is 0 Å². The summed E-state index contributed by atoms with van der Waals surface area (Å²) in [6.45, 7) is 0.354. The molecule has 0 radical (unpaired) electrons.